The van der Waals surface area contributed by atoms with E-state index in [1.165, 1.54) is 0 Å². The van der Waals surface area contributed by atoms with E-state index in [9.17, 15) is 9.59 Å². The van der Waals surface area contributed by atoms with E-state index < -0.39 is 5.91 Å². The lowest BCUT2D eigenvalue weighted by Gasteiger charge is -2.11. The number of nitrogens with one attached hydrogen (secondary N) is 1. The van der Waals surface area contributed by atoms with Gasteiger partial charge >= 0.3 is 0 Å². The molecule has 3 N–H and O–H groups in total. The second kappa shape index (κ2) is 10.4. The molecule has 0 saturated heterocycles. The average Bonchev–Trinajstić information content (AvgIpc) is 2.85. The van der Waals surface area contributed by atoms with E-state index >= 15 is 0 Å². The molecular weight excluding hydrogens is 430 g/mol. The molecule has 2 aromatic carbocycles. The number of rotatable bonds is 8. The van der Waals surface area contributed by atoms with Crippen molar-refractivity contribution in [2.45, 2.75) is 19.8 Å². The highest BCUT2D eigenvalue weighted by Crippen LogP contribution is 2.30. The maximum absolute atomic E-state index is 12.4. The smallest absolute Gasteiger partial charge is 0.248 e. The van der Waals surface area contributed by atoms with Gasteiger partial charge in [0.1, 0.15) is 11.6 Å². The van der Waals surface area contributed by atoms with Crippen LogP contribution in [0.4, 0.5) is 5.69 Å². The summed E-state index contributed by atoms with van der Waals surface area (Å²) in [6.07, 6.45) is 4.28. The lowest BCUT2D eigenvalue weighted by molar-refractivity contribution is -0.115. The first kappa shape index (κ1) is 22.6. The quantitative estimate of drug-likeness (QED) is 0.413. The number of aromatic nitrogens is 3. The SMILES string of the molecule is CCc1nccc(-c2cccnc2Oc2ccc(CC(=O)Nc3cccc(C(N)=O)c3)cc2)n1. The molecule has 4 aromatic rings. The fourth-order valence-corrected chi connectivity index (χ4v) is 3.31. The van der Waals surface area contributed by atoms with Crippen LogP contribution >= 0.6 is 0 Å². The third-order valence-electron chi connectivity index (χ3n) is 5.00. The molecule has 0 aliphatic heterocycles. The molecule has 0 radical (unpaired) electrons. The van der Waals surface area contributed by atoms with Gasteiger partial charge in [0.05, 0.1) is 17.7 Å². The zero-order chi connectivity index (χ0) is 23.9. The van der Waals surface area contributed by atoms with Crippen molar-refractivity contribution in [3.8, 4) is 22.9 Å². The van der Waals surface area contributed by atoms with Gasteiger partial charge < -0.3 is 15.8 Å². The molecule has 4 rings (SSSR count). The molecule has 2 heterocycles. The van der Waals surface area contributed by atoms with Gasteiger partial charge in [-0.15, -0.1) is 0 Å². The van der Waals surface area contributed by atoms with Crippen molar-refractivity contribution >= 4 is 17.5 Å². The van der Waals surface area contributed by atoms with Crippen molar-refractivity contribution < 1.29 is 14.3 Å². The summed E-state index contributed by atoms with van der Waals surface area (Å²) in [6, 6.07) is 19.3. The van der Waals surface area contributed by atoms with Gasteiger partial charge in [0.2, 0.25) is 17.7 Å². The Bertz CT molecular complexity index is 1320. The number of benzene rings is 2. The van der Waals surface area contributed by atoms with Crippen LogP contribution in [0.2, 0.25) is 0 Å². The highest BCUT2D eigenvalue weighted by atomic mass is 16.5. The van der Waals surface area contributed by atoms with Gasteiger partial charge in [-0.05, 0) is 54.1 Å². The van der Waals surface area contributed by atoms with E-state index in [0.717, 1.165) is 29.1 Å². The first-order valence-electron chi connectivity index (χ1n) is 10.8. The van der Waals surface area contributed by atoms with Crippen molar-refractivity contribution in [1.29, 1.82) is 0 Å². The van der Waals surface area contributed by atoms with Crippen molar-refractivity contribution in [2.75, 3.05) is 5.32 Å². The van der Waals surface area contributed by atoms with E-state index in [4.69, 9.17) is 10.5 Å². The molecule has 8 heteroatoms. The van der Waals surface area contributed by atoms with Gasteiger partial charge in [0.25, 0.3) is 0 Å². The molecule has 0 aliphatic rings. The van der Waals surface area contributed by atoms with E-state index in [1.54, 1.807) is 48.8 Å². The maximum Gasteiger partial charge on any atom is 0.248 e. The van der Waals surface area contributed by atoms with Crippen LogP contribution in [0.15, 0.2) is 79.1 Å². The van der Waals surface area contributed by atoms with Crippen LogP contribution in [0.3, 0.4) is 0 Å². The maximum atomic E-state index is 12.4. The number of aryl methyl sites for hydroxylation is 1. The van der Waals surface area contributed by atoms with Crippen LogP contribution in [0.1, 0.15) is 28.7 Å². The van der Waals surface area contributed by atoms with Crippen molar-refractivity contribution in [2.24, 2.45) is 5.73 Å². The van der Waals surface area contributed by atoms with Crippen LogP contribution in [-0.2, 0) is 17.6 Å². The molecule has 0 spiro atoms. The van der Waals surface area contributed by atoms with Crippen LogP contribution < -0.4 is 15.8 Å². The Hall–Kier alpha value is -4.59. The summed E-state index contributed by atoms with van der Waals surface area (Å²) >= 11 is 0. The topological polar surface area (TPSA) is 120 Å². The molecular formula is C26H23N5O3. The van der Waals surface area contributed by atoms with Crippen LogP contribution in [-0.4, -0.2) is 26.8 Å². The minimum atomic E-state index is -0.548. The number of pyridine rings is 1. The number of carbonyl (C=O) groups excluding carboxylic acids is 2. The number of anilines is 1. The van der Waals surface area contributed by atoms with Gasteiger partial charge in [0.15, 0.2) is 0 Å². The number of hydrogen-bond acceptors (Lipinski definition) is 6. The monoisotopic (exact) mass is 453 g/mol. The Balaban J connectivity index is 1.43. The molecule has 0 aliphatic carbocycles. The molecule has 170 valence electrons. The van der Waals surface area contributed by atoms with E-state index in [0.29, 0.717) is 22.9 Å². The molecule has 0 fully saturated rings. The van der Waals surface area contributed by atoms with Gasteiger partial charge in [-0.25, -0.2) is 15.0 Å². The average molecular weight is 454 g/mol. The van der Waals surface area contributed by atoms with E-state index in [1.807, 2.05) is 37.3 Å². The Kier molecular flexibility index (Phi) is 6.88. The number of carbonyl (C=O) groups is 2. The third-order valence-corrected chi connectivity index (χ3v) is 5.00. The normalized spacial score (nSPS) is 10.5. The van der Waals surface area contributed by atoms with E-state index in [2.05, 4.69) is 20.3 Å². The first-order valence-corrected chi connectivity index (χ1v) is 10.8. The summed E-state index contributed by atoms with van der Waals surface area (Å²) in [5.74, 6) is 1.01. The predicted molar refractivity (Wildman–Crippen MR) is 128 cm³/mol. The lowest BCUT2D eigenvalue weighted by atomic mass is 10.1. The molecule has 2 amide bonds. The molecule has 0 bridgehead atoms. The molecule has 34 heavy (non-hydrogen) atoms. The van der Waals surface area contributed by atoms with Gasteiger partial charge in [-0.2, -0.15) is 0 Å². The molecule has 8 nitrogen and oxygen atoms in total. The molecule has 2 aromatic heterocycles. The summed E-state index contributed by atoms with van der Waals surface area (Å²) in [5.41, 5.74) is 8.45. The number of primary amides is 1. The van der Waals surface area contributed by atoms with Gasteiger partial charge in [0, 0.05) is 30.1 Å². The number of amides is 2. The Morgan fingerprint density at radius 2 is 1.79 bits per heavy atom. The van der Waals surface area contributed by atoms with Crippen LogP contribution in [0.25, 0.3) is 11.3 Å². The summed E-state index contributed by atoms with van der Waals surface area (Å²) in [5, 5.41) is 2.78. The number of hydrogen-bond donors (Lipinski definition) is 2. The fourth-order valence-electron chi connectivity index (χ4n) is 3.31. The number of ether oxygens (including phenoxy) is 1. The lowest BCUT2D eigenvalue weighted by Crippen LogP contribution is -2.16. The summed E-state index contributed by atoms with van der Waals surface area (Å²) in [6.45, 7) is 2.00. The van der Waals surface area contributed by atoms with Gasteiger partial charge in [-0.3, -0.25) is 9.59 Å². The zero-order valence-corrected chi connectivity index (χ0v) is 18.6. The minimum Gasteiger partial charge on any atom is -0.438 e. The number of nitrogens with two attached hydrogens (primary N) is 1. The van der Waals surface area contributed by atoms with E-state index in [-0.39, 0.29) is 12.3 Å². The highest BCUT2D eigenvalue weighted by molar-refractivity contribution is 5.96. The Labute approximate surface area is 196 Å². The number of nitrogens with zero attached hydrogens (tertiary/aromatic N) is 3. The van der Waals surface area contributed by atoms with Crippen molar-refractivity contribution in [3.63, 3.8) is 0 Å². The standard InChI is InChI=1S/C26H23N5O3/c1-2-23-28-14-12-22(31-23)21-7-4-13-29-26(21)34-20-10-8-17(9-11-20)15-24(32)30-19-6-3-5-18(16-19)25(27)33/h3-14,16H,2,15H2,1H3,(H2,27,33)(H,30,32). The Morgan fingerprint density at radius 3 is 2.56 bits per heavy atom. The van der Waals surface area contributed by atoms with Crippen molar-refractivity contribution in [1.82, 2.24) is 15.0 Å². The molecule has 0 saturated carbocycles. The second-order valence-electron chi connectivity index (χ2n) is 7.48. The van der Waals surface area contributed by atoms with Crippen LogP contribution in [0.5, 0.6) is 11.6 Å². The second-order valence-corrected chi connectivity index (χ2v) is 7.48. The largest absolute Gasteiger partial charge is 0.438 e. The molecule has 0 unspecified atom stereocenters. The summed E-state index contributed by atoms with van der Waals surface area (Å²) < 4.78 is 6.01. The summed E-state index contributed by atoms with van der Waals surface area (Å²) in [7, 11) is 0. The molecule has 0 atom stereocenters. The minimum absolute atomic E-state index is 0.163. The van der Waals surface area contributed by atoms with Gasteiger partial charge in [-0.1, -0.05) is 25.1 Å². The fraction of sp³-hybridized carbons (Fsp3) is 0.115. The first-order chi connectivity index (χ1) is 16.5. The third kappa shape index (κ3) is 5.60. The summed E-state index contributed by atoms with van der Waals surface area (Å²) in [4.78, 5) is 36.9. The van der Waals surface area contributed by atoms with Crippen LogP contribution in [0, 0.1) is 0 Å². The zero-order valence-electron chi connectivity index (χ0n) is 18.6. The highest BCUT2D eigenvalue weighted by Gasteiger charge is 2.12. The van der Waals surface area contributed by atoms with Crippen molar-refractivity contribution in [3.05, 3.63) is 96.1 Å². The Morgan fingerprint density at radius 1 is 0.971 bits per heavy atom. The predicted octanol–water partition coefficient (Wildman–Crippen LogP) is 4.17.